The fourth-order valence-corrected chi connectivity index (χ4v) is 5.87. The number of nitrogens with two attached hydrogens (primary N) is 1. The maximum Gasteiger partial charge on any atom is 0.222 e. The number of benzene rings is 1. The van der Waals surface area contributed by atoms with Gasteiger partial charge in [0, 0.05) is 17.3 Å². The Hall–Kier alpha value is -1.41. The highest BCUT2D eigenvalue weighted by Gasteiger charge is 2.57. The minimum Gasteiger partial charge on any atom is -0.390 e. The van der Waals surface area contributed by atoms with Crippen LogP contribution in [0.4, 0.5) is 5.69 Å². The van der Waals surface area contributed by atoms with Crippen molar-refractivity contribution in [2.24, 2.45) is 17.6 Å². The van der Waals surface area contributed by atoms with Crippen molar-refractivity contribution >= 4 is 40.5 Å². The number of fused-ring (bicyclic) bond motifs is 1. The van der Waals surface area contributed by atoms with Gasteiger partial charge >= 0.3 is 0 Å². The van der Waals surface area contributed by atoms with Crippen molar-refractivity contribution in [3.8, 4) is 0 Å². The normalized spacial score (nSPS) is 33.1. The largest absolute Gasteiger partial charge is 0.390 e. The van der Waals surface area contributed by atoms with E-state index in [4.69, 9.17) is 29.6 Å². The quantitative estimate of drug-likeness (QED) is 0.626. The molecule has 0 bridgehead atoms. The first-order chi connectivity index (χ1) is 13.9. The molecule has 5 atom stereocenters. The van der Waals surface area contributed by atoms with Crippen LogP contribution in [0.15, 0.2) is 24.3 Å². The standard InChI is InChI=1S/C21H28ClN3O3S/c22-13-6-8-14(9-7-13)25-17-15(20(23)28)10-16(26)19(27)18(17)24(21(25)29)11-12-4-2-1-3-5-12/h6-9,12,15-19,26-27H,1-5,10-11H2,(H2,23,28). The number of hydrogen-bond donors (Lipinski definition) is 3. The summed E-state index contributed by atoms with van der Waals surface area (Å²) in [6, 6.07) is 6.41. The number of halogens is 1. The van der Waals surface area contributed by atoms with Gasteiger partial charge in [0.05, 0.1) is 24.1 Å². The van der Waals surface area contributed by atoms with Crippen LogP contribution in [-0.4, -0.2) is 57.0 Å². The second-order valence-electron chi connectivity index (χ2n) is 8.57. The Kier molecular flexibility index (Phi) is 6.02. The zero-order chi connectivity index (χ0) is 20.7. The molecule has 1 amide bonds. The number of nitrogens with zero attached hydrogens (tertiary/aromatic N) is 2. The summed E-state index contributed by atoms with van der Waals surface area (Å²) in [4.78, 5) is 16.3. The summed E-state index contributed by atoms with van der Waals surface area (Å²) in [6.07, 6.45) is 4.07. The lowest BCUT2D eigenvalue weighted by Gasteiger charge is -2.43. The van der Waals surface area contributed by atoms with Crippen LogP contribution in [-0.2, 0) is 4.79 Å². The van der Waals surface area contributed by atoms with Gasteiger partial charge in [-0.05, 0) is 61.7 Å². The molecule has 1 aromatic carbocycles. The van der Waals surface area contributed by atoms with Gasteiger partial charge in [-0.1, -0.05) is 30.9 Å². The molecule has 1 aromatic rings. The summed E-state index contributed by atoms with van der Waals surface area (Å²) < 4.78 is 0. The summed E-state index contributed by atoms with van der Waals surface area (Å²) in [7, 11) is 0. The van der Waals surface area contributed by atoms with E-state index < -0.39 is 36.1 Å². The molecule has 5 unspecified atom stereocenters. The first-order valence-corrected chi connectivity index (χ1v) is 11.2. The molecule has 4 N–H and O–H groups in total. The van der Waals surface area contributed by atoms with E-state index in [-0.39, 0.29) is 6.42 Å². The third kappa shape index (κ3) is 3.85. The van der Waals surface area contributed by atoms with Crippen molar-refractivity contribution in [2.75, 3.05) is 11.4 Å². The van der Waals surface area contributed by atoms with Crippen LogP contribution in [0.3, 0.4) is 0 Å². The molecule has 6 nitrogen and oxygen atoms in total. The van der Waals surface area contributed by atoms with Crippen molar-refractivity contribution in [1.82, 2.24) is 4.90 Å². The first-order valence-electron chi connectivity index (χ1n) is 10.4. The number of carbonyl (C=O) groups excluding carboxylic acids is 1. The fourth-order valence-electron chi connectivity index (χ4n) is 5.32. The molecular formula is C21H28ClN3O3S. The minimum atomic E-state index is -1.00. The Balaban J connectivity index is 1.73. The summed E-state index contributed by atoms with van der Waals surface area (Å²) in [5.41, 5.74) is 6.54. The highest BCUT2D eigenvalue weighted by atomic mass is 35.5. The lowest BCUT2D eigenvalue weighted by molar-refractivity contribution is -0.129. The predicted octanol–water partition coefficient (Wildman–Crippen LogP) is 2.29. The molecule has 1 aliphatic heterocycles. The molecule has 8 heteroatoms. The second-order valence-corrected chi connectivity index (χ2v) is 9.37. The van der Waals surface area contributed by atoms with E-state index in [1.165, 1.54) is 19.3 Å². The van der Waals surface area contributed by atoms with Crippen molar-refractivity contribution < 1.29 is 15.0 Å². The number of hydrogen-bond acceptors (Lipinski definition) is 4. The molecule has 2 saturated carbocycles. The van der Waals surface area contributed by atoms with Crippen molar-refractivity contribution in [3.63, 3.8) is 0 Å². The van der Waals surface area contributed by atoms with Crippen LogP contribution in [0, 0.1) is 11.8 Å². The molecule has 0 radical (unpaired) electrons. The lowest BCUT2D eigenvalue weighted by atomic mass is 9.76. The molecule has 4 rings (SSSR count). The third-order valence-electron chi connectivity index (χ3n) is 6.76. The van der Waals surface area contributed by atoms with E-state index in [2.05, 4.69) is 0 Å². The summed E-state index contributed by atoms with van der Waals surface area (Å²) >= 11 is 11.9. The van der Waals surface area contributed by atoms with E-state index in [1.807, 2.05) is 21.9 Å². The van der Waals surface area contributed by atoms with Crippen molar-refractivity contribution in [3.05, 3.63) is 29.3 Å². The van der Waals surface area contributed by atoms with Crippen molar-refractivity contribution in [1.29, 1.82) is 0 Å². The van der Waals surface area contributed by atoms with Crippen LogP contribution in [0.25, 0.3) is 0 Å². The van der Waals surface area contributed by atoms with Crippen LogP contribution >= 0.6 is 23.8 Å². The van der Waals surface area contributed by atoms with Crippen LogP contribution in [0.2, 0.25) is 5.02 Å². The molecule has 158 valence electrons. The monoisotopic (exact) mass is 437 g/mol. The van der Waals surface area contributed by atoms with Crippen LogP contribution in [0.1, 0.15) is 38.5 Å². The number of amides is 1. The van der Waals surface area contributed by atoms with Gasteiger partial charge in [-0.15, -0.1) is 0 Å². The second kappa shape index (κ2) is 8.38. The Morgan fingerprint density at radius 2 is 1.79 bits per heavy atom. The van der Waals surface area contributed by atoms with Gasteiger partial charge in [-0.25, -0.2) is 0 Å². The molecule has 0 spiro atoms. The molecule has 2 aliphatic carbocycles. The number of carbonyl (C=O) groups is 1. The zero-order valence-electron chi connectivity index (χ0n) is 16.3. The summed E-state index contributed by atoms with van der Waals surface area (Å²) in [5.74, 6) is -0.596. The van der Waals surface area contributed by atoms with Gasteiger partial charge in [0.25, 0.3) is 0 Å². The molecule has 0 aromatic heterocycles. The van der Waals surface area contributed by atoms with Crippen LogP contribution in [0.5, 0.6) is 0 Å². The van der Waals surface area contributed by atoms with E-state index in [9.17, 15) is 15.0 Å². The summed E-state index contributed by atoms with van der Waals surface area (Å²) in [6.45, 7) is 0.722. The van der Waals surface area contributed by atoms with Gasteiger partial charge in [0.1, 0.15) is 6.10 Å². The Labute approximate surface area is 181 Å². The highest BCUT2D eigenvalue weighted by Crippen LogP contribution is 2.42. The third-order valence-corrected chi connectivity index (χ3v) is 7.44. The molecule has 3 fully saturated rings. The number of aliphatic hydroxyl groups is 2. The smallest absolute Gasteiger partial charge is 0.222 e. The molecular weight excluding hydrogens is 410 g/mol. The average molecular weight is 438 g/mol. The van der Waals surface area contributed by atoms with E-state index in [0.29, 0.717) is 16.1 Å². The Morgan fingerprint density at radius 1 is 1.14 bits per heavy atom. The lowest BCUT2D eigenvalue weighted by Crippen LogP contribution is -2.61. The average Bonchev–Trinajstić information content (AvgIpc) is 2.98. The Bertz CT molecular complexity index is 771. The van der Waals surface area contributed by atoms with E-state index in [0.717, 1.165) is 25.1 Å². The highest BCUT2D eigenvalue weighted by molar-refractivity contribution is 7.80. The SMILES string of the molecule is NC(=O)C1CC(O)C(O)C2C1N(c1ccc(Cl)cc1)C(=S)N2CC1CCCCC1. The van der Waals surface area contributed by atoms with Gasteiger partial charge in [0.2, 0.25) is 5.91 Å². The minimum absolute atomic E-state index is 0.127. The van der Waals surface area contributed by atoms with Gasteiger partial charge in [-0.3, -0.25) is 4.79 Å². The van der Waals surface area contributed by atoms with Gasteiger partial charge in [0.15, 0.2) is 5.11 Å². The number of thiocarbonyl (C=S) groups is 1. The maximum atomic E-state index is 12.3. The summed E-state index contributed by atoms with van der Waals surface area (Å²) in [5, 5.41) is 22.6. The Morgan fingerprint density at radius 3 is 2.41 bits per heavy atom. The number of rotatable bonds is 4. The van der Waals surface area contributed by atoms with Crippen molar-refractivity contribution in [2.45, 2.75) is 62.8 Å². The molecule has 1 saturated heterocycles. The van der Waals surface area contributed by atoms with Gasteiger partial charge in [-0.2, -0.15) is 0 Å². The number of aliphatic hydroxyl groups excluding tert-OH is 2. The number of primary amides is 1. The fraction of sp³-hybridized carbons (Fsp3) is 0.619. The zero-order valence-corrected chi connectivity index (χ0v) is 17.9. The number of anilines is 1. The maximum absolute atomic E-state index is 12.3. The van der Waals surface area contributed by atoms with E-state index >= 15 is 0 Å². The topological polar surface area (TPSA) is 90.0 Å². The van der Waals surface area contributed by atoms with E-state index in [1.54, 1.807) is 12.1 Å². The molecule has 29 heavy (non-hydrogen) atoms. The predicted molar refractivity (Wildman–Crippen MR) is 117 cm³/mol. The molecule has 1 heterocycles. The van der Waals surface area contributed by atoms with Gasteiger partial charge < -0.3 is 25.7 Å². The first kappa shape index (κ1) is 20.8. The van der Waals surface area contributed by atoms with Crippen LogP contribution < -0.4 is 10.6 Å². The molecule has 3 aliphatic rings.